The van der Waals surface area contributed by atoms with Gasteiger partial charge in [-0.1, -0.05) is 49.6 Å². The maximum Gasteiger partial charge on any atom is 0.313 e. The van der Waals surface area contributed by atoms with Crippen LogP contribution in [0.3, 0.4) is 0 Å². The van der Waals surface area contributed by atoms with Crippen LogP contribution in [0, 0.1) is 25.2 Å². The zero-order chi connectivity index (χ0) is 15.2. The molecule has 20 heavy (non-hydrogen) atoms. The summed E-state index contributed by atoms with van der Waals surface area (Å²) >= 11 is 0. The number of hydrogen-bond acceptors (Lipinski definition) is 1. The molecule has 1 aromatic carbocycles. The van der Waals surface area contributed by atoms with Crippen LogP contribution in [0.25, 0.3) is 0 Å². The van der Waals surface area contributed by atoms with Crippen LogP contribution in [0.2, 0.25) is 0 Å². The van der Waals surface area contributed by atoms with E-state index < -0.39 is 11.4 Å². The average Bonchev–Trinajstić information content (AvgIpc) is 2.42. The Morgan fingerprint density at radius 3 is 2.70 bits per heavy atom. The van der Waals surface area contributed by atoms with Gasteiger partial charge in [-0.15, -0.1) is 12.3 Å². The summed E-state index contributed by atoms with van der Waals surface area (Å²) in [5.41, 5.74) is 1.16. The molecule has 0 amide bonds. The number of hydrogen-bond donors (Lipinski definition) is 1. The number of carboxylic acid groups (broad SMARTS) is 1. The Balaban J connectivity index is 2.73. The van der Waals surface area contributed by atoms with E-state index in [-0.39, 0.29) is 5.92 Å². The molecule has 0 radical (unpaired) electrons. The van der Waals surface area contributed by atoms with Gasteiger partial charge in [0.2, 0.25) is 0 Å². The largest absolute Gasteiger partial charge is 0.481 e. The predicted molar refractivity (Wildman–Crippen MR) is 82.6 cm³/mol. The van der Waals surface area contributed by atoms with Crippen molar-refractivity contribution in [3.8, 4) is 12.3 Å². The van der Waals surface area contributed by atoms with Crippen LogP contribution < -0.4 is 0 Å². The first-order valence-electron chi connectivity index (χ1n) is 7.17. The highest BCUT2D eigenvalue weighted by atomic mass is 16.4. The van der Waals surface area contributed by atoms with Gasteiger partial charge in [-0.05, 0) is 32.3 Å². The van der Waals surface area contributed by atoms with Gasteiger partial charge < -0.3 is 5.11 Å². The van der Waals surface area contributed by atoms with E-state index in [1.54, 1.807) is 0 Å². The zero-order valence-electron chi connectivity index (χ0n) is 12.6. The number of aryl methyl sites for hydroxylation is 1. The smallest absolute Gasteiger partial charge is 0.313 e. The molecule has 0 aliphatic carbocycles. The molecule has 1 rings (SSSR count). The van der Waals surface area contributed by atoms with Crippen LogP contribution in [0.1, 0.15) is 50.7 Å². The molecule has 0 bridgehead atoms. The van der Waals surface area contributed by atoms with Crippen LogP contribution in [-0.4, -0.2) is 11.1 Å². The van der Waals surface area contributed by atoms with E-state index in [4.69, 9.17) is 6.42 Å². The third-order valence-electron chi connectivity index (χ3n) is 3.98. The van der Waals surface area contributed by atoms with Crippen LogP contribution in [0.5, 0.6) is 0 Å². The van der Waals surface area contributed by atoms with Crippen molar-refractivity contribution in [2.24, 2.45) is 5.92 Å². The first-order valence-corrected chi connectivity index (χ1v) is 7.17. The molecule has 0 saturated heterocycles. The van der Waals surface area contributed by atoms with Gasteiger partial charge in [0.1, 0.15) is 0 Å². The lowest BCUT2D eigenvalue weighted by Gasteiger charge is -2.26. The van der Waals surface area contributed by atoms with Gasteiger partial charge in [0.05, 0.1) is 5.41 Å². The number of unbranched alkanes of at least 4 members (excludes halogenated alkanes) is 1. The quantitative estimate of drug-likeness (QED) is 0.597. The molecule has 0 aliphatic heterocycles. The summed E-state index contributed by atoms with van der Waals surface area (Å²) < 4.78 is 0. The summed E-state index contributed by atoms with van der Waals surface area (Å²) in [6.45, 7) is 5.83. The van der Waals surface area contributed by atoms with Crippen LogP contribution in [-0.2, 0) is 10.2 Å². The Labute approximate surface area is 122 Å². The minimum absolute atomic E-state index is 0.269. The van der Waals surface area contributed by atoms with E-state index in [1.165, 1.54) is 0 Å². The molecule has 2 nitrogen and oxygen atoms in total. The van der Waals surface area contributed by atoms with Gasteiger partial charge in [0, 0.05) is 5.92 Å². The molecule has 0 spiro atoms. The van der Waals surface area contributed by atoms with Gasteiger partial charge >= 0.3 is 5.97 Å². The Morgan fingerprint density at radius 2 is 2.15 bits per heavy atom. The average molecular weight is 272 g/mol. The summed E-state index contributed by atoms with van der Waals surface area (Å²) in [4.78, 5) is 11.7. The van der Waals surface area contributed by atoms with E-state index in [1.807, 2.05) is 45.0 Å². The first kappa shape index (κ1) is 16.3. The molecule has 1 N–H and O–H groups in total. The highest BCUT2D eigenvalue weighted by Crippen LogP contribution is 2.31. The van der Waals surface area contributed by atoms with E-state index in [9.17, 15) is 9.90 Å². The van der Waals surface area contributed by atoms with Gasteiger partial charge in [-0.2, -0.15) is 0 Å². The van der Waals surface area contributed by atoms with Crippen LogP contribution >= 0.6 is 0 Å². The minimum Gasteiger partial charge on any atom is -0.481 e. The fraction of sp³-hybridized carbons (Fsp3) is 0.500. The summed E-state index contributed by atoms with van der Waals surface area (Å²) in [5, 5.41) is 9.60. The molecular formula is C18H24O2. The SMILES string of the molecule is C#CC(C)CCCCC(C)(C(=O)O)c1cccc(C)c1. The van der Waals surface area contributed by atoms with Crippen molar-refractivity contribution in [1.29, 1.82) is 0 Å². The Hall–Kier alpha value is -1.75. The van der Waals surface area contributed by atoms with Crippen LogP contribution in [0.15, 0.2) is 24.3 Å². The van der Waals surface area contributed by atoms with E-state index in [0.717, 1.165) is 30.4 Å². The predicted octanol–water partition coefficient (Wildman–Crippen LogP) is 4.17. The van der Waals surface area contributed by atoms with Crippen molar-refractivity contribution >= 4 is 5.97 Å². The minimum atomic E-state index is -0.814. The Kier molecular flexibility index (Phi) is 5.82. The summed E-state index contributed by atoms with van der Waals surface area (Å²) in [5.74, 6) is 2.22. The standard InChI is InChI=1S/C18H24O2/c1-5-14(2)9-6-7-12-18(4,17(19)20)16-11-8-10-15(3)13-16/h1,8,10-11,13-14H,6-7,9,12H2,2-4H3,(H,19,20). The first-order chi connectivity index (χ1) is 9.40. The Morgan fingerprint density at radius 1 is 1.45 bits per heavy atom. The maximum absolute atomic E-state index is 11.7. The number of carboxylic acids is 1. The fourth-order valence-corrected chi connectivity index (χ4v) is 2.38. The van der Waals surface area contributed by atoms with Crippen molar-refractivity contribution in [2.75, 3.05) is 0 Å². The summed E-state index contributed by atoms with van der Waals surface area (Å²) in [7, 11) is 0. The maximum atomic E-state index is 11.7. The second-order valence-electron chi connectivity index (χ2n) is 5.82. The molecule has 0 aliphatic rings. The molecule has 1 aromatic rings. The lowest BCUT2D eigenvalue weighted by atomic mass is 9.77. The third kappa shape index (κ3) is 4.13. The number of rotatable bonds is 7. The van der Waals surface area contributed by atoms with Crippen molar-refractivity contribution in [2.45, 2.75) is 51.9 Å². The molecule has 2 unspecified atom stereocenters. The molecular weight excluding hydrogens is 248 g/mol. The highest BCUT2D eigenvalue weighted by Gasteiger charge is 2.34. The third-order valence-corrected chi connectivity index (χ3v) is 3.98. The van der Waals surface area contributed by atoms with Gasteiger partial charge in [0.15, 0.2) is 0 Å². The van der Waals surface area contributed by atoms with Crippen LogP contribution in [0.4, 0.5) is 0 Å². The van der Waals surface area contributed by atoms with Crippen molar-refractivity contribution in [1.82, 2.24) is 0 Å². The molecule has 2 atom stereocenters. The molecule has 0 fully saturated rings. The van der Waals surface area contributed by atoms with Crippen molar-refractivity contribution in [3.05, 3.63) is 35.4 Å². The number of benzene rings is 1. The molecule has 0 aromatic heterocycles. The fourth-order valence-electron chi connectivity index (χ4n) is 2.38. The van der Waals surface area contributed by atoms with Gasteiger partial charge in [-0.25, -0.2) is 0 Å². The lowest BCUT2D eigenvalue weighted by molar-refractivity contribution is -0.143. The van der Waals surface area contributed by atoms with E-state index in [2.05, 4.69) is 5.92 Å². The van der Waals surface area contributed by atoms with Crippen molar-refractivity contribution < 1.29 is 9.90 Å². The summed E-state index contributed by atoms with van der Waals surface area (Å²) in [6.07, 6.45) is 8.80. The Bertz CT molecular complexity index is 498. The van der Waals surface area contributed by atoms with E-state index >= 15 is 0 Å². The molecule has 0 heterocycles. The highest BCUT2D eigenvalue weighted by molar-refractivity contribution is 5.80. The number of aliphatic carboxylic acids is 1. The monoisotopic (exact) mass is 272 g/mol. The van der Waals surface area contributed by atoms with E-state index in [0.29, 0.717) is 6.42 Å². The molecule has 2 heteroatoms. The number of carbonyl (C=O) groups is 1. The molecule has 0 saturated carbocycles. The second-order valence-corrected chi connectivity index (χ2v) is 5.82. The lowest BCUT2D eigenvalue weighted by Crippen LogP contribution is -2.32. The number of terminal acetylenes is 1. The summed E-state index contributed by atoms with van der Waals surface area (Å²) in [6, 6.07) is 7.79. The van der Waals surface area contributed by atoms with Gasteiger partial charge in [-0.3, -0.25) is 4.79 Å². The van der Waals surface area contributed by atoms with Gasteiger partial charge in [0.25, 0.3) is 0 Å². The molecule has 108 valence electrons. The topological polar surface area (TPSA) is 37.3 Å². The normalized spacial score (nSPS) is 15.1. The second kappa shape index (κ2) is 7.14. The van der Waals surface area contributed by atoms with Crippen molar-refractivity contribution in [3.63, 3.8) is 0 Å². The zero-order valence-corrected chi connectivity index (χ0v) is 12.6.